The molecular weight excluding hydrogens is 398 g/mol. The average molecular weight is 424 g/mol. The van der Waals surface area contributed by atoms with Gasteiger partial charge in [0.05, 0.1) is 5.25 Å². The molecule has 3 aromatic rings. The van der Waals surface area contributed by atoms with Gasteiger partial charge in [0.2, 0.25) is 11.8 Å². The fraction of sp³-hybridized carbons (Fsp3) is 0.273. The zero-order valence-corrected chi connectivity index (χ0v) is 17.9. The molecule has 156 valence electrons. The summed E-state index contributed by atoms with van der Waals surface area (Å²) in [5.74, 6) is 0.202. The van der Waals surface area contributed by atoms with Gasteiger partial charge in [-0.05, 0) is 25.5 Å². The lowest BCUT2D eigenvalue weighted by Crippen LogP contribution is -2.23. The van der Waals surface area contributed by atoms with Gasteiger partial charge in [0.15, 0.2) is 5.16 Å². The van der Waals surface area contributed by atoms with Crippen LogP contribution < -0.4 is 11.1 Å². The number of rotatable bonds is 9. The van der Waals surface area contributed by atoms with Gasteiger partial charge in [-0.1, -0.05) is 60.3 Å². The monoisotopic (exact) mass is 423 g/mol. The van der Waals surface area contributed by atoms with Crippen molar-refractivity contribution < 1.29 is 9.59 Å². The molecule has 30 heavy (non-hydrogen) atoms. The number of thioether (sulfide) groups is 1. The maximum Gasteiger partial charge on any atom is 0.237 e. The summed E-state index contributed by atoms with van der Waals surface area (Å²) >= 11 is 1.34. The molecule has 0 saturated carbocycles. The predicted octanol–water partition coefficient (Wildman–Crippen LogP) is 3.50. The van der Waals surface area contributed by atoms with E-state index in [1.54, 1.807) is 0 Å². The Morgan fingerprint density at radius 2 is 1.80 bits per heavy atom. The van der Waals surface area contributed by atoms with Crippen LogP contribution in [0.5, 0.6) is 0 Å². The zero-order valence-electron chi connectivity index (χ0n) is 17.0. The molecule has 1 aromatic heterocycles. The van der Waals surface area contributed by atoms with Crippen LogP contribution in [0.2, 0.25) is 0 Å². The molecule has 1 atom stereocenters. The van der Waals surface area contributed by atoms with Crippen LogP contribution in [-0.4, -0.2) is 31.8 Å². The number of nitrogens with two attached hydrogens (primary N) is 1. The third kappa shape index (κ3) is 5.27. The maximum atomic E-state index is 12.9. The summed E-state index contributed by atoms with van der Waals surface area (Å²) in [6.07, 6.45) is 0.650. The fourth-order valence-corrected chi connectivity index (χ4v) is 3.98. The molecule has 0 unspecified atom stereocenters. The Morgan fingerprint density at radius 3 is 2.50 bits per heavy atom. The molecule has 0 saturated heterocycles. The Labute approximate surface area is 180 Å². The van der Waals surface area contributed by atoms with E-state index >= 15 is 0 Å². The van der Waals surface area contributed by atoms with E-state index in [1.165, 1.54) is 11.8 Å². The van der Waals surface area contributed by atoms with Crippen molar-refractivity contribution in [3.05, 3.63) is 60.4 Å². The molecule has 0 aliphatic rings. The minimum absolute atomic E-state index is 0.118. The van der Waals surface area contributed by atoms with Gasteiger partial charge in [-0.2, -0.15) is 0 Å². The van der Waals surface area contributed by atoms with Gasteiger partial charge >= 0.3 is 0 Å². The smallest absolute Gasteiger partial charge is 0.237 e. The standard InChI is InChI=1S/C22H25N5O2S/c1-3-27-20(14-13-19(23)28)25-26-22(27)30-15(2)21(29)24-18-12-8-7-11-17(18)16-9-5-4-6-10-16/h4-12,15H,3,13-14H2,1-2H3,(H2,23,28)(H,24,29)/t15-/m0/s1. The highest BCUT2D eigenvalue weighted by molar-refractivity contribution is 8.00. The second-order valence-electron chi connectivity index (χ2n) is 6.77. The topological polar surface area (TPSA) is 103 Å². The first-order chi connectivity index (χ1) is 14.5. The van der Waals surface area contributed by atoms with Gasteiger partial charge in [-0.25, -0.2) is 0 Å². The molecular formula is C22H25N5O2S. The molecule has 2 amide bonds. The number of aromatic nitrogens is 3. The molecule has 8 heteroatoms. The van der Waals surface area contributed by atoms with Crippen molar-refractivity contribution in [2.75, 3.05) is 5.32 Å². The van der Waals surface area contributed by atoms with Crippen LogP contribution in [0.1, 0.15) is 26.1 Å². The number of para-hydroxylation sites is 1. The lowest BCUT2D eigenvalue weighted by molar-refractivity contribution is -0.118. The number of amides is 2. The fourth-order valence-electron chi connectivity index (χ4n) is 3.05. The highest BCUT2D eigenvalue weighted by atomic mass is 32.2. The van der Waals surface area contributed by atoms with Crippen LogP contribution in [0.25, 0.3) is 11.1 Å². The van der Waals surface area contributed by atoms with Crippen molar-refractivity contribution in [2.45, 2.75) is 43.6 Å². The van der Waals surface area contributed by atoms with Crippen LogP contribution in [0.3, 0.4) is 0 Å². The van der Waals surface area contributed by atoms with Gasteiger partial charge in [0.25, 0.3) is 0 Å². The lowest BCUT2D eigenvalue weighted by Gasteiger charge is -2.15. The first-order valence-electron chi connectivity index (χ1n) is 9.82. The summed E-state index contributed by atoms with van der Waals surface area (Å²) in [4.78, 5) is 23.9. The van der Waals surface area contributed by atoms with E-state index in [1.807, 2.05) is 73.0 Å². The van der Waals surface area contributed by atoms with Crippen LogP contribution in [0, 0.1) is 0 Å². The van der Waals surface area contributed by atoms with Crippen molar-refractivity contribution in [3.63, 3.8) is 0 Å². The number of nitrogens with zero attached hydrogens (tertiary/aromatic N) is 3. The largest absolute Gasteiger partial charge is 0.370 e. The van der Waals surface area contributed by atoms with Crippen LogP contribution in [0.15, 0.2) is 59.8 Å². The lowest BCUT2D eigenvalue weighted by atomic mass is 10.0. The number of nitrogens with one attached hydrogen (secondary N) is 1. The highest BCUT2D eigenvalue weighted by Gasteiger charge is 2.21. The number of hydrogen-bond donors (Lipinski definition) is 2. The molecule has 0 aliphatic heterocycles. The summed E-state index contributed by atoms with van der Waals surface area (Å²) in [7, 11) is 0. The molecule has 0 spiro atoms. The Kier molecular flexibility index (Phi) is 7.24. The quantitative estimate of drug-likeness (QED) is 0.513. The third-order valence-electron chi connectivity index (χ3n) is 4.63. The number of anilines is 1. The number of carbonyl (C=O) groups excluding carboxylic acids is 2. The summed E-state index contributed by atoms with van der Waals surface area (Å²) in [5.41, 5.74) is 8.00. The van der Waals surface area contributed by atoms with Gasteiger partial charge < -0.3 is 15.6 Å². The molecule has 0 aliphatic carbocycles. The first kappa shape index (κ1) is 21.6. The minimum Gasteiger partial charge on any atom is -0.370 e. The average Bonchev–Trinajstić information content (AvgIpc) is 3.14. The number of aryl methyl sites for hydroxylation is 1. The van der Waals surface area contributed by atoms with E-state index in [0.717, 1.165) is 16.8 Å². The second kappa shape index (κ2) is 10.1. The molecule has 7 nitrogen and oxygen atoms in total. The second-order valence-corrected chi connectivity index (χ2v) is 8.08. The molecule has 3 rings (SSSR count). The summed E-state index contributed by atoms with van der Waals surface area (Å²) in [5, 5.41) is 11.7. The molecule has 0 fully saturated rings. The maximum absolute atomic E-state index is 12.9. The third-order valence-corrected chi connectivity index (χ3v) is 5.71. The predicted molar refractivity (Wildman–Crippen MR) is 119 cm³/mol. The van der Waals surface area contributed by atoms with Gasteiger partial charge in [-0.3, -0.25) is 9.59 Å². The Bertz CT molecular complexity index is 1020. The molecule has 2 aromatic carbocycles. The molecule has 0 radical (unpaired) electrons. The summed E-state index contributed by atoms with van der Waals surface area (Å²) in [6.45, 7) is 4.46. The normalized spacial score (nSPS) is 11.8. The molecule has 0 bridgehead atoms. The number of carbonyl (C=O) groups is 2. The zero-order chi connectivity index (χ0) is 21.5. The first-order valence-corrected chi connectivity index (χ1v) is 10.7. The van der Waals surface area contributed by atoms with Crippen molar-refractivity contribution in [1.82, 2.24) is 14.8 Å². The number of hydrogen-bond acceptors (Lipinski definition) is 5. The van der Waals surface area contributed by atoms with Gasteiger partial charge in [-0.15, -0.1) is 10.2 Å². The van der Waals surface area contributed by atoms with Gasteiger partial charge in [0, 0.05) is 30.6 Å². The van der Waals surface area contributed by atoms with Crippen molar-refractivity contribution in [1.29, 1.82) is 0 Å². The summed E-state index contributed by atoms with van der Waals surface area (Å²) < 4.78 is 1.91. The van der Waals surface area contributed by atoms with E-state index in [-0.39, 0.29) is 23.5 Å². The van der Waals surface area contributed by atoms with E-state index in [0.29, 0.717) is 23.9 Å². The SMILES string of the molecule is CCn1c(CCC(N)=O)nnc1S[C@@H](C)C(=O)Nc1ccccc1-c1ccccc1. The van der Waals surface area contributed by atoms with E-state index < -0.39 is 0 Å². The van der Waals surface area contributed by atoms with E-state index in [2.05, 4.69) is 15.5 Å². The number of primary amides is 1. The highest BCUT2D eigenvalue weighted by Crippen LogP contribution is 2.29. The molecule has 1 heterocycles. The Balaban J connectivity index is 1.72. The number of benzene rings is 2. The minimum atomic E-state index is -0.382. The molecule has 3 N–H and O–H groups in total. The van der Waals surface area contributed by atoms with Crippen molar-refractivity contribution in [2.24, 2.45) is 5.73 Å². The van der Waals surface area contributed by atoms with E-state index in [4.69, 9.17) is 5.73 Å². The van der Waals surface area contributed by atoms with Crippen LogP contribution >= 0.6 is 11.8 Å². The van der Waals surface area contributed by atoms with Crippen LogP contribution in [-0.2, 0) is 22.6 Å². The van der Waals surface area contributed by atoms with Crippen LogP contribution in [0.4, 0.5) is 5.69 Å². The Morgan fingerprint density at radius 1 is 1.10 bits per heavy atom. The Hall–Kier alpha value is -3.13. The van der Waals surface area contributed by atoms with Gasteiger partial charge in [0.1, 0.15) is 5.82 Å². The van der Waals surface area contributed by atoms with E-state index in [9.17, 15) is 9.59 Å². The summed E-state index contributed by atoms with van der Waals surface area (Å²) in [6, 6.07) is 17.7. The van der Waals surface area contributed by atoms with Crippen molar-refractivity contribution in [3.8, 4) is 11.1 Å². The van der Waals surface area contributed by atoms with Crippen molar-refractivity contribution >= 4 is 29.3 Å².